The van der Waals surface area contributed by atoms with Gasteiger partial charge in [0.15, 0.2) is 0 Å². The molecule has 0 amide bonds. The van der Waals surface area contributed by atoms with E-state index in [-0.39, 0.29) is 23.7 Å². The zero-order valence-electron chi connectivity index (χ0n) is 15.3. The van der Waals surface area contributed by atoms with Crippen molar-refractivity contribution in [3.8, 4) is 0 Å². The Labute approximate surface area is 145 Å². The van der Waals surface area contributed by atoms with Gasteiger partial charge in [-0.1, -0.05) is 32.4 Å². The van der Waals surface area contributed by atoms with Crippen LogP contribution in [0.2, 0.25) is 0 Å². The van der Waals surface area contributed by atoms with Crippen LogP contribution >= 0.6 is 0 Å². The van der Waals surface area contributed by atoms with Crippen molar-refractivity contribution < 1.29 is 19.8 Å². The molecule has 2 saturated carbocycles. The summed E-state index contributed by atoms with van der Waals surface area (Å²) >= 11 is 0. The van der Waals surface area contributed by atoms with Crippen LogP contribution < -0.4 is 0 Å². The molecule has 0 aromatic heterocycles. The number of rotatable bonds is 6. The Morgan fingerprint density at radius 1 is 1.29 bits per heavy atom. The Hall–Kier alpha value is -1.32. The number of carboxylic acids is 2. The number of hydrogen-bond acceptors (Lipinski definition) is 2. The van der Waals surface area contributed by atoms with Crippen molar-refractivity contribution in [3.05, 3.63) is 12.2 Å². The van der Waals surface area contributed by atoms with Crippen LogP contribution in [0.15, 0.2) is 12.2 Å². The molecule has 4 heteroatoms. The zero-order chi connectivity index (χ0) is 18.1. The molecule has 0 unspecified atom stereocenters. The fraction of sp³-hybridized carbons (Fsp3) is 0.800. The minimum Gasteiger partial charge on any atom is -0.481 e. The van der Waals surface area contributed by atoms with Gasteiger partial charge >= 0.3 is 11.9 Å². The summed E-state index contributed by atoms with van der Waals surface area (Å²) in [7, 11) is 0. The van der Waals surface area contributed by atoms with Gasteiger partial charge in [-0.2, -0.15) is 0 Å². The average molecular weight is 336 g/mol. The van der Waals surface area contributed by atoms with Crippen LogP contribution in [-0.2, 0) is 9.59 Å². The van der Waals surface area contributed by atoms with Gasteiger partial charge in [0.25, 0.3) is 0 Å². The summed E-state index contributed by atoms with van der Waals surface area (Å²) in [6.07, 6.45) is 6.57. The average Bonchev–Trinajstić information content (AvgIpc) is 2.45. The van der Waals surface area contributed by atoms with Gasteiger partial charge < -0.3 is 10.2 Å². The highest BCUT2D eigenvalue weighted by Crippen LogP contribution is 2.62. The Bertz CT molecular complexity index is 526. The van der Waals surface area contributed by atoms with E-state index in [4.69, 9.17) is 5.11 Å². The molecule has 0 heterocycles. The lowest BCUT2D eigenvalue weighted by atomic mass is 9.46. The van der Waals surface area contributed by atoms with E-state index in [0.29, 0.717) is 5.92 Å². The SMILES string of the molecule is C=C1CC[C@@H]2[C@](C)(CCC[C@@]2(C)C(=O)O)[C@@H]1CC[C@H](C)CC(=O)O. The van der Waals surface area contributed by atoms with E-state index in [2.05, 4.69) is 13.5 Å². The molecule has 0 aromatic rings. The lowest BCUT2D eigenvalue weighted by molar-refractivity contribution is -0.164. The predicted octanol–water partition coefficient (Wildman–Crippen LogP) is 4.74. The highest BCUT2D eigenvalue weighted by Gasteiger charge is 2.57. The molecule has 2 rings (SSSR count). The molecule has 0 spiro atoms. The molecular weight excluding hydrogens is 304 g/mol. The molecule has 136 valence electrons. The highest BCUT2D eigenvalue weighted by atomic mass is 16.4. The third kappa shape index (κ3) is 3.38. The fourth-order valence-corrected chi connectivity index (χ4v) is 5.59. The molecule has 0 saturated heterocycles. The van der Waals surface area contributed by atoms with Crippen LogP contribution in [0, 0.1) is 28.6 Å². The summed E-state index contributed by atoms with van der Waals surface area (Å²) in [6, 6.07) is 0. The first kappa shape index (κ1) is 19.0. The Morgan fingerprint density at radius 3 is 2.54 bits per heavy atom. The first-order chi connectivity index (χ1) is 11.1. The molecule has 0 aliphatic heterocycles. The van der Waals surface area contributed by atoms with E-state index >= 15 is 0 Å². The second-order valence-electron chi connectivity index (χ2n) is 8.66. The van der Waals surface area contributed by atoms with Gasteiger partial charge in [-0.25, -0.2) is 0 Å². The van der Waals surface area contributed by atoms with Crippen LogP contribution in [-0.4, -0.2) is 22.2 Å². The number of fused-ring (bicyclic) bond motifs is 1. The number of allylic oxidation sites excluding steroid dienone is 1. The van der Waals surface area contributed by atoms with Crippen molar-refractivity contribution in [2.45, 2.75) is 72.1 Å². The molecule has 0 aromatic carbocycles. The van der Waals surface area contributed by atoms with Crippen molar-refractivity contribution >= 4 is 11.9 Å². The van der Waals surface area contributed by atoms with Gasteiger partial charge in [-0.3, -0.25) is 9.59 Å². The molecule has 5 atom stereocenters. The standard InChI is InChI=1S/C20H32O4/c1-13(12-17(21)22)6-8-15-14(2)7-9-16-19(15,3)10-5-11-20(16,4)18(23)24/h13,15-16H,2,5-12H2,1,3-4H3,(H,21,22)(H,23,24)/t13-,15+,16+,19+,20+/m0/s1. The lowest BCUT2D eigenvalue weighted by Crippen LogP contribution is -2.53. The van der Waals surface area contributed by atoms with Gasteiger partial charge in [0.1, 0.15) is 0 Å². The summed E-state index contributed by atoms with van der Waals surface area (Å²) < 4.78 is 0. The molecular formula is C20H32O4. The van der Waals surface area contributed by atoms with Gasteiger partial charge in [-0.15, -0.1) is 0 Å². The lowest BCUT2D eigenvalue weighted by Gasteiger charge is -2.57. The third-order valence-corrected chi connectivity index (χ3v) is 6.98. The molecule has 2 N–H and O–H groups in total. The van der Waals surface area contributed by atoms with Gasteiger partial charge in [0.05, 0.1) is 5.41 Å². The Kier molecular flexibility index (Phi) is 5.46. The van der Waals surface area contributed by atoms with Gasteiger partial charge in [0, 0.05) is 6.42 Å². The first-order valence-electron chi connectivity index (χ1n) is 9.24. The zero-order valence-corrected chi connectivity index (χ0v) is 15.3. The van der Waals surface area contributed by atoms with Crippen LogP contribution in [0.5, 0.6) is 0 Å². The monoisotopic (exact) mass is 336 g/mol. The van der Waals surface area contributed by atoms with Crippen LogP contribution in [0.3, 0.4) is 0 Å². The van der Waals surface area contributed by atoms with Crippen molar-refractivity contribution in [2.24, 2.45) is 28.6 Å². The maximum Gasteiger partial charge on any atom is 0.309 e. The number of aliphatic carboxylic acids is 2. The van der Waals surface area contributed by atoms with E-state index in [1.165, 1.54) is 5.57 Å². The van der Waals surface area contributed by atoms with Crippen LogP contribution in [0.25, 0.3) is 0 Å². The maximum absolute atomic E-state index is 12.0. The molecule has 2 fully saturated rings. The molecule has 24 heavy (non-hydrogen) atoms. The first-order valence-corrected chi connectivity index (χ1v) is 9.24. The summed E-state index contributed by atoms with van der Waals surface area (Å²) in [5.41, 5.74) is 0.577. The summed E-state index contributed by atoms with van der Waals surface area (Å²) in [5.74, 6) is -0.768. The molecule has 2 aliphatic carbocycles. The van der Waals surface area contributed by atoms with Crippen molar-refractivity contribution in [2.75, 3.05) is 0 Å². The fourth-order valence-electron chi connectivity index (χ4n) is 5.59. The van der Waals surface area contributed by atoms with Crippen molar-refractivity contribution in [1.82, 2.24) is 0 Å². The Balaban J connectivity index is 2.19. The molecule has 4 nitrogen and oxygen atoms in total. The van der Waals surface area contributed by atoms with Crippen molar-refractivity contribution in [1.29, 1.82) is 0 Å². The summed E-state index contributed by atoms with van der Waals surface area (Å²) in [5, 5.41) is 18.8. The summed E-state index contributed by atoms with van der Waals surface area (Å²) in [4.78, 5) is 22.9. The minimum absolute atomic E-state index is 0.0241. The van der Waals surface area contributed by atoms with E-state index in [9.17, 15) is 14.7 Å². The topological polar surface area (TPSA) is 74.6 Å². The smallest absolute Gasteiger partial charge is 0.309 e. The second kappa shape index (κ2) is 6.89. The highest BCUT2D eigenvalue weighted by molar-refractivity contribution is 5.75. The third-order valence-electron chi connectivity index (χ3n) is 6.98. The van der Waals surface area contributed by atoms with Gasteiger partial charge in [-0.05, 0) is 68.6 Å². The maximum atomic E-state index is 12.0. The van der Waals surface area contributed by atoms with E-state index in [1.807, 2.05) is 13.8 Å². The number of hydrogen-bond donors (Lipinski definition) is 2. The molecule has 0 radical (unpaired) electrons. The van der Waals surface area contributed by atoms with E-state index in [1.54, 1.807) is 0 Å². The van der Waals surface area contributed by atoms with Gasteiger partial charge in [0.2, 0.25) is 0 Å². The number of carboxylic acid groups (broad SMARTS) is 2. The normalized spacial score (nSPS) is 37.5. The quantitative estimate of drug-likeness (QED) is 0.687. The van der Waals surface area contributed by atoms with Crippen molar-refractivity contribution in [3.63, 3.8) is 0 Å². The van der Waals surface area contributed by atoms with E-state index < -0.39 is 17.4 Å². The minimum atomic E-state index is -0.745. The predicted molar refractivity (Wildman–Crippen MR) is 93.7 cm³/mol. The largest absolute Gasteiger partial charge is 0.481 e. The number of carbonyl (C=O) groups is 2. The summed E-state index contributed by atoms with van der Waals surface area (Å²) in [6.45, 7) is 10.5. The second-order valence-corrected chi connectivity index (χ2v) is 8.66. The molecule has 0 bridgehead atoms. The van der Waals surface area contributed by atoms with E-state index in [0.717, 1.165) is 44.9 Å². The van der Waals surface area contributed by atoms with Crippen LogP contribution in [0.4, 0.5) is 0 Å². The Morgan fingerprint density at radius 2 is 1.96 bits per heavy atom. The molecule has 2 aliphatic rings. The van der Waals surface area contributed by atoms with Crippen LogP contribution in [0.1, 0.15) is 72.1 Å².